The Bertz CT molecular complexity index is 1810. The Hall–Kier alpha value is -3.79. The van der Waals surface area contributed by atoms with Crippen LogP contribution in [-0.2, 0) is 30.8 Å². The lowest BCUT2D eigenvalue weighted by atomic mass is 10.0. The second-order valence-corrected chi connectivity index (χ2v) is 11.3. The standard InChI is InChI=1S/C31H29ClFN5O3/c1-18-30-35-29-20(13-19-5-7-22(32)15-24(19)33)3-2-4-26(29)37(30)11-10-36(18)17-28-34-25-8-6-21(31(39)40)14-27(25)38(28)16-23-9-12-41-23/h2-8,14-15,18,23H,9-13,16-17H2,1H3,(H,39,40)/t18-,23+/m1/s1. The van der Waals surface area contributed by atoms with E-state index < -0.39 is 5.97 Å². The summed E-state index contributed by atoms with van der Waals surface area (Å²) in [6, 6.07) is 16.0. The van der Waals surface area contributed by atoms with Gasteiger partial charge in [0, 0.05) is 31.1 Å². The number of aromatic nitrogens is 4. The highest BCUT2D eigenvalue weighted by atomic mass is 35.5. The minimum atomic E-state index is -0.956. The molecule has 0 saturated carbocycles. The molecule has 7 rings (SSSR count). The van der Waals surface area contributed by atoms with Crippen LogP contribution in [0, 0.1) is 5.82 Å². The summed E-state index contributed by atoms with van der Waals surface area (Å²) in [5.41, 5.74) is 5.33. The lowest BCUT2D eigenvalue weighted by Crippen LogP contribution is -2.38. The van der Waals surface area contributed by atoms with Crippen molar-refractivity contribution in [2.24, 2.45) is 0 Å². The lowest BCUT2D eigenvalue weighted by Gasteiger charge is -2.34. The number of para-hydroxylation sites is 1. The molecule has 2 aliphatic rings. The first-order valence-electron chi connectivity index (χ1n) is 13.9. The first-order valence-corrected chi connectivity index (χ1v) is 14.2. The molecule has 4 heterocycles. The van der Waals surface area contributed by atoms with Crippen molar-refractivity contribution in [2.45, 2.75) is 51.5 Å². The second kappa shape index (κ2) is 10.2. The van der Waals surface area contributed by atoms with Gasteiger partial charge in [-0.05, 0) is 60.9 Å². The SMILES string of the molecule is C[C@@H]1c2nc3c(Cc4ccc(Cl)cc4F)cccc3n2CCN1Cc1nc2ccc(C(=O)O)cc2n1C[C@@H]1CCO1. The third-order valence-corrected chi connectivity index (χ3v) is 8.65. The Kier molecular flexibility index (Phi) is 6.53. The van der Waals surface area contributed by atoms with Crippen LogP contribution in [0.5, 0.6) is 0 Å². The van der Waals surface area contributed by atoms with Crippen LogP contribution in [0.4, 0.5) is 4.39 Å². The number of carbonyl (C=O) groups is 1. The van der Waals surface area contributed by atoms with Crippen molar-refractivity contribution in [2.75, 3.05) is 13.2 Å². The predicted molar refractivity (Wildman–Crippen MR) is 154 cm³/mol. The van der Waals surface area contributed by atoms with E-state index in [9.17, 15) is 14.3 Å². The lowest BCUT2D eigenvalue weighted by molar-refractivity contribution is -0.0592. The number of aromatic carboxylic acids is 1. The molecule has 1 N–H and O–H groups in total. The summed E-state index contributed by atoms with van der Waals surface area (Å²) in [5.74, 6) is 0.577. The van der Waals surface area contributed by atoms with E-state index in [0.717, 1.165) is 65.4 Å². The quantitative estimate of drug-likeness (QED) is 0.264. The van der Waals surface area contributed by atoms with E-state index in [1.54, 1.807) is 30.3 Å². The van der Waals surface area contributed by atoms with Crippen molar-refractivity contribution in [3.8, 4) is 0 Å². The molecule has 0 aliphatic carbocycles. The number of nitrogens with zero attached hydrogens (tertiary/aromatic N) is 5. The number of hydrogen-bond donors (Lipinski definition) is 1. The van der Waals surface area contributed by atoms with Crippen LogP contribution in [0.1, 0.15) is 52.5 Å². The highest BCUT2D eigenvalue weighted by Gasteiger charge is 2.30. The van der Waals surface area contributed by atoms with Crippen LogP contribution >= 0.6 is 11.6 Å². The van der Waals surface area contributed by atoms with Crippen LogP contribution in [0.3, 0.4) is 0 Å². The molecule has 210 valence electrons. The van der Waals surface area contributed by atoms with Crippen molar-refractivity contribution in [1.29, 1.82) is 0 Å². The normalized spacial score (nSPS) is 19.0. The van der Waals surface area contributed by atoms with Gasteiger partial charge in [-0.25, -0.2) is 19.2 Å². The summed E-state index contributed by atoms with van der Waals surface area (Å²) in [4.78, 5) is 24.0. The molecule has 0 amide bonds. The Morgan fingerprint density at radius 1 is 1.10 bits per heavy atom. The minimum absolute atomic E-state index is 0.0130. The topological polar surface area (TPSA) is 85.4 Å². The average molecular weight is 574 g/mol. The molecular formula is C31H29ClFN5O3. The smallest absolute Gasteiger partial charge is 0.335 e. The molecular weight excluding hydrogens is 545 g/mol. The van der Waals surface area contributed by atoms with Gasteiger partial charge in [-0.3, -0.25) is 4.90 Å². The molecule has 2 aromatic heterocycles. The zero-order valence-electron chi connectivity index (χ0n) is 22.6. The highest BCUT2D eigenvalue weighted by Crippen LogP contribution is 2.33. The number of fused-ring (bicyclic) bond motifs is 4. The molecule has 5 aromatic rings. The molecule has 2 aliphatic heterocycles. The number of benzene rings is 3. The third kappa shape index (κ3) is 4.67. The maximum atomic E-state index is 14.6. The van der Waals surface area contributed by atoms with Gasteiger partial charge in [-0.15, -0.1) is 0 Å². The summed E-state index contributed by atoms with van der Waals surface area (Å²) in [6.07, 6.45) is 1.51. The van der Waals surface area contributed by atoms with Gasteiger partial charge in [0.2, 0.25) is 0 Å². The Labute approximate surface area is 240 Å². The van der Waals surface area contributed by atoms with Crippen LogP contribution in [0.25, 0.3) is 22.1 Å². The first-order chi connectivity index (χ1) is 19.9. The number of ether oxygens (including phenoxy) is 1. The number of carboxylic acids is 1. The van der Waals surface area contributed by atoms with Crippen molar-refractivity contribution in [3.63, 3.8) is 0 Å². The van der Waals surface area contributed by atoms with Crippen LogP contribution < -0.4 is 0 Å². The van der Waals surface area contributed by atoms with Crippen molar-refractivity contribution < 1.29 is 19.0 Å². The molecule has 1 fully saturated rings. The van der Waals surface area contributed by atoms with Gasteiger partial charge < -0.3 is 19.0 Å². The molecule has 1 saturated heterocycles. The molecule has 2 atom stereocenters. The monoisotopic (exact) mass is 573 g/mol. The Balaban J connectivity index is 1.21. The molecule has 0 spiro atoms. The highest BCUT2D eigenvalue weighted by molar-refractivity contribution is 6.30. The van der Waals surface area contributed by atoms with Gasteiger partial charge >= 0.3 is 5.97 Å². The van der Waals surface area contributed by atoms with E-state index in [4.69, 9.17) is 26.3 Å². The van der Waals surface area contributed by atoms with E-state index in [0.29, 0.717) is 30.1 Å². The van der Waals surface area contributed by atoms with Crippen LogP contribution in [0.15, 0.2) is 54.6 Å². The van der Waals surface area contributed by atoms with Gasteiger partial charge in [-0.1, -0.05) is 29.8 Å². The molecule has 0 bridgehead atoms. The van der Waals surface area contributed by atoms with E-state index in [-0.39, 0.29) is 23.5 Å². The number of halogens is 2. The number of hydrogen-bond acceptors (Lipinski definition) is 5. The summed E-state index contributed by atoms with van der Waals surface area (Å²) in [7, 11) is 0. The predicted octanol–water partition coefficient (Wildman–Crippen LogP) is 5.83. The van der Waals surface area contributed by atoms with E-state index in [1.165, 1.54) is 6.07 Å². The van der Waals surface area contributed by atoms with Gasteiger partial charge in [0.15, 0.2) is 0 Å². The summed E-state index contributed by atoms with van der Waals surface area (Å²) in [6.45, 7) is 5.71. The van der Waals surface area contributed by atoms with Gasteiger partial charge in [0.1, 0.15) is 17.5 Å². The number of rotatable bonds is 7. The van der Waals surface area contributed by atoms with Crippen LogP contribution in [-0.4, -0.2) is 54.3 Å². The fourth-order valence-electron chi connectivity index (χ4n) is 6.04. The molecule has 0 unspecified atom stereocenters. The minimum Gasteiger partial charge on any atom is -0.478 e. The fourth-order valence-corrected chi connectivity index (χ4v) is 6.19. The summed E-state index contributed by atoms with van der Waals surface area (Å²) < 4.78 is 24.7. The molecule has 0 radical (unpaired) electrons. The molecule has 3 aromatic carbocycles. The largest absolute Gasteiger partial charge is 0.478 e. The molecule has 8 nitrogen and oxygen atoms in total. The number of carboxylic acid groups (broad SMARTS) is 1. The van der Waals surface area contributed by atoms with Crippen LogP contribution in [0.2, 0.25) is 5.02 Å². The zero-order valence-corrected chi connectivity index (χ0v) is 23.3. The molecule has 41 heavy (non-hydrogen) atoms. The van der Waals surface area contributed by atoms with Gasteiger partial charge in [0.25, 0.3) is 0 Å². The van der Waals surface area contributed by atoms with Gasteiger partial charge in [-0.2, -0.15) is 0 Å². The average Bonchev–Trinajstić information content (AvgIpc) is 3.48. The zero-order chi connectivity index (χ0) is 28.2. The van der Waals surface area contributed by atoms with Crippen molar-refractivity contribution in [1.82, 2.24) is 24.0 Å². The Morgan fingerprint density at radius 3 is 2.71 bits per heavy atom. The maximum Gasteiger partial charge on any atom is 0.335 e. The van der Waals surface area contributed by atoms with E-state index in [1.807, 2.05) is 12.1 Å². The third-order valence-electron chi connectivity index (χ3n) is 8.42. The number of imidazole rings is 2. The van der Waals surface area contributed by atoms with Crippen molar-refractivity contribution in [3.05, 3.63) is 93.8 Å². The van der Waals surface area contributed by atoms with Crippen molar-refractivity contribution >= 4 is 39.6 Å². The van der Waals surface area contributed by atoms with E-state index >= 15 is 0 Å². The second-order valence-electron chi connectivity index (χ2n) is 10.9. The molecule has 10 heteroatoms. The first kappa shape index (κ1) is 26.1. The summed E-state index contributed by atoms with van der Waals surface area (Å²) >= 11 is 5.96. The maximum absolute atomic E-state index is 14.6. The van der Waals surface area contributed by atoms with Gasteiger partial charge in [0.05, 0.1) is 52.9 Å². The van der Waals surface area contributed by atoms with E-state index in [2.05, 4.69) is 27.0 Å². The fraction of sp³-hybridized carbons (Fsp3) is 0.323. The Morgan fingerprint density at radius 2 is 1.95 bits per heavy atom. The summed E-state index contributed by atoms with van der Waals surface area (Å²) in [5, 5.41) is 9.94.